The van der Waals surface area contributed by atoms with Gasteiger partial charge in [-0.2, -0.15) is 11.3 Å². The third-order valence-corrected chi connectivity index (χ3v) is 4.99. The fraction of sp³-hybridized carbons (Fsp3) is 0.273. The lowest BCUT2D eigenvalue weighted by atomic mass is 10.3. The van der Waals surface area contributed by atoms with Gasteiger partial charge in [-0.05, 0) is 51.3 Å². The second-order valence-electron chi connectivity index (χ2n) is 3.35. The van der Waals surface area contributed by atoms with E-state index in [-0.39, 0.29) is 0 Å². The highest BCUT2D eigenvalue weighted by Gasteiger charge is 2.02. The van der Waals surface area contributed by atoms with Crippen molar-refractivity contribution in [1.29, 1.82) is 0 Å². The van der Waals surface area contributed by atoms with Gasteiger partial charge in [0.25, 0.3) is 0 Å². The molecule has 0 bridgehead atoms. The predicted molar refractivity (Wildman–Crippen MR) is 71.6 cm³/mol. The summed E-state index contributed by atoms with van der Waals surface area (Å²) >= 11 is 7.12. The van der Waals surface area contributed by atoms with Crippen LogP contribution in [0.25, 0.3) is 0 Å². The van der Waals surface area contributed by atoms with E-state index in [0.29, 0.717) is 0 Å². The summed E-state index contributed by atoms with van der Waals surface area (Å²) in [5.74, 6) is 0. The van der Waals surface area contributed by atoms with Gasteiger partial charge in [0.15, 0.2) is 0 Å². The summed E-state index contributed by atoms with van der Waals surface area (Å²) in [5, 5.41) is 7.74. The van der Waals surface area contributed by atoms with Crippen LogP contribution in [0.3, 0.4) is 0 Å². The monoisotopic (exact) mass is 301 g/mol. The van der Waals surface area contributed by atoms with Crippen LogP contribution in [0.2, 0.25) is 0 Å². The molecule has 15 heavy (non-hydrogen) atoms. The van der Waals surface area contributed by atoms with Crippen LogP contribution in [-0.2, 0) is 13.1 Å². The van der Waals surface area contributed by atoms with Gasteiger partial charge in [0, 0.05) is 27.3 Å². The summed E-state index contributed by atoms with van der Waals surface area (Å²) in [4.78, 5) is 2.73. The van der Waals surface area contributed by atoms with E-state index < -0.39 is 0 Å². The van der Waals surface area contributed by atoms with E-state index in [1.807, 2.05) is 11.3 Å². The molecule has 1 nitrogen and oxygen atoms in total. The zero-order valence-electron chi connectivity index (χ0n) is 8.42. The molecular formula is C11H12BrNS2. The molecule has 0 amide bonds. The molecule has 1 N–H and O–H groups in total. The van der Waals surface area contributed by atoms with Gasteiger partial charge in [-0.15, -0.1) is 11.3 Å². The highest BCUT2D eigenvalue weighted by Crippen LogP contribution is 2.26. The average molecular weight is 302 g/mol. The van der Waals surface area contributed by atoms with Crippen LogP contribution in [0.4, 0.5) is 0 Å². The summed E-state index contributed by atoms with van der Waals surface area (Å²) in [7, 11) is 0. The van der Waals surface area contributed by atoms with E-state index in [2.05, 4.69) is 51.1 Å². The number of rotatable bonds is 4. The molecule has 0 aliphatic heterocycles. The van der Waals surface area contributed by atoms with E-state index >= 15 is 0 Å². The summed E-state index contributed by atoms with van der Waals surface area (Å²) in [5.41, 5.74) is 1.37. The summed E-state index contributed by atoms with van der Waals surface area (Å²) in [6, 6.07) is 4.36. The Morgan fingerprint density at radius 3 is 2.87 bits per heavy atom. The molecule has 0 unspecified atom stereocenters. The Labute approximate surface area is 106 Å². The molecule has 2 aromatic rings. The lowest BCUT2D eigenvalue weighted by Crippen LogP contribution is -2.10. The molecule has 80 valence electrons. The first-order valence-electron chi connectivity index (χ1n) is 4.72. The van der Waals surface area contributed by atoms with Crippen LogP contribution in [0.1, 0.15) is 15.3 Å². The minimum absolute atomic E-state index is 0.951. The zero-order valence-corrected chi connectivity index (χ0v) is 11.6. The lowest BCUT2D eigenvalue weighted by Gasteiger charge is -1.99. The second kappa shape index (κ2) is 5.25. The highest BCUT2D eigenvalue weighted by atomic mass is 79.9. The number of halogens is 1. The van der Waals surface area contributed by atoms with Crippen molar-refractivity contribution in [2.45, 2.75) is 20.0 Å². The second-order valence-corrected chi connectivity index (χ2v) is 6.33. The van der Waals surface area contributed by atoms with E-state index in [4.69, 9.17) is 0 Å². The molecule has 2 rings (SSSR count). The standard InChI is InChI=1S/C11H12BrNS2/c1-8-11(12)4-10(15-8)6-13-5-9-2-3-14-7-9/h2-4,7,13H,5-6H2,1H3. The third-order valence-electron chi connectivity index (χ3n) is 2.12. The fourth-order valence-corrected chi connectivity index (χ4v) is 3.57. The SMILES string of the molecule is Cc1sc(CNCc2ccsc2)cc1Br. The molecule has 0 fully saturated rings. The maximum absolute atomic E-state index is 3.53. The molecule has 2 heterocycles. The van der Waals surface area contributed by atoms with Crippen LogP contribution in [0, 0.1) is 6.92 Å². The Bertz CT molecular complexity index is 400. The van der Waals surface area contributed by atoms with Gasteiger partial charge < -0.3 is 5.32 Å². The van der Waals surface area contributed by atoms with Gasteiger partial charge in [0.05, 0.1) is 0 Å². The minimum Gasteiger partial charge on any atom is -0.308 e. The average Bonchev–Trinajstić information content (AvgIpc) is 2.79. The zero-order chi connectivity index (χ0) is 10.7. The van der Waals surface area contributed by atoms with E-state index in [1.165, 1.54) is 19.8 Å². The van der Waals surface area contributed by atoms with Gasteiger partial charge in [-0.1, -0.05) is 0 Å². The molecule has 0 spiro atoms. The number of hydrogen-bond donors (Lipinski definition) is 1. The van der Waals surface area contributed by atoms with Gasteiger partial charge in [0.1, 0.15) is 0 Å². The molecule has 0 aliphatic rings. The van der Waals surface area contributed by atoms with Gasteiger partial charge in [0.2, 0.25) is 0 Å². The molecule has 0 aliphatic carbocycles. The largest absolute Gasteiger partial charge is 0.308 e. The number of aryl methyl sites for hydroxylation is 1. The summed E-state index contributed by atoms with van der Waals surface area (Å²) in [6.07, 6.45) is 0. The van der Waals surface area contributed by atoms with Crippen LogP contribution in [0.15, 0.2) is 27.4 Å². The first kappa shape index (κ1) is 11.3. The van der Waals surface area contributed by atoms with Crippen LogP contribution in [-0.4, -0.2) is 0 Å². The highest BCUT2D eigenvalue weighted by molar-refractivity contribution is 9.10. The fourth-order valence-electron chi connectivity index (χ4n) is 1.33. The Balaban J connectivity index is 1.83. The molecule has 0 saturated carbocycles. The van der Waals surface area contributed by atoms with Crippen molar-refractivity contribution in [3.05, 3.63) is 42.7 Å². The van der Waals surface area contributed by atoms with Crippen LogP contribution in [0.5, 0.6) is 0 Å². The molecule has 2 aromatic heterocycles. The Kier molecular flexibility index (Phi) is 3.97. The van der Waals surface area contributed by atoms with E-state index in [9.17, 15) is 0 Å². The molecule has 4 heteroatoms. The number of thiophene rings is 2. The van der Waals surface area contributed by atoms with Crippen molar-refractivity contribution in [3.63, 3.8) is 0 Å². The van der Waals surface area contributed by atoms with Crippen molar-refractivity contribution < 1.29 is 0 Å². The van der Waals surface area contributed by atoms with E-state index in [1.54, 1.807) is 11.3 Å². The topological polar surface area (TPSA) is 12.0 Å². The van der Waals surface area contributed by atoms with Crippen LogP contribution >= 0.6 is 38.6 Å². The Hall–Kier alpha value is -0.160. The normalized spacial score (nSPS) is 10.8. The smallest absolute Gasteiger partial charge is 0.0314 e. The van der Waals surface area contributed by atoms with Gasteiger partial charge in [-0.3, -0.25) is 0 Å². The minimum atomic E-state index is 0.951. The maximum Gasteiger partial charge on any atom is 0.0314 e. The molecule has 0 aromatic carbocycles. The van der Waals surface area contributed by atoms with E-state index in [0.717, 1.165) is 13.1 Å². The molecule has 0 radical (unpaired) electrons. The number of nitrogens with one attached hydrogen (secondary N) is 1. The Morgan fingerprint density at radius 1 is 1.40 bits per heavy atom. The number of hydrogen-bond acceptors (Lipinski definition) is 3. The molecular weight excluding hydrogens is 290 g/mol. The quantitative estimate of drug-likeness (QED) is 0.894. The first-order chi connectivity index (χ1) is 7.25. The predicted octanol–water partition coefficient (Wildman–Crippen LogP) is 4.17. The maximum atomic E-state index is 3.53. The van der Waals surface area contributed by atoms with Crippen molar-refractivity contribution in [3.8, 4) is 0 Å². The summed E-state index contributed by atoms with van der Waals surface area (Å²) < 4.78 is 1.22. The molecule has 0 saturated heterocycles. The van der Waals surface area contributed by atoms with Gasteiger partial charge >= 0.3 is 0 Å². The molecule has 0 atom stereocenters. The Morgan fingerprint density at radius 2 is 2.27 bits per heavy atom. The first-order valence-corrected chi connectivity index (χ1v) is 7.27. The van der Waals surface area contributed by atoms with Crippen molar-refractivity contribution >= 4 is 38.6 Å². The summed E-state index contributed by atoms with van der Waals surface area (Å²) in [6.45, 7) is 4.04. The van der Waals surface area contributed by atoms with Crippen LogP contribution < -0.4 is 5.32 Å². The third kappa shape index (κ3) is 3.14. The lowest BCUT2D eigenvalue weighted by molar-refractivity contribution is 0.702. The van der Waals surface area contributed by atoms with Crippen molar-refractivity contribution in [2.75, 3.05) is 0 Å². The van der Waals surface area contributed by atoms with Crippen molar-refractivity contribution in [2.24, 2.45) is 0 Å². The van der Waals surface area contributed by atoms with Gasteiger partial charge in [-0.25, -0.2) is 0 Å². The van der Waals surface area contributed by atoms with Crippen molar-refractivity contribution in [1.82, 2.24) is 5.32 Å².